The average molecular weight is 328 g/mol. The number of hydrogen-bond donors (Lipinski definition) is 1. The number of benzene rings is 2. The smallest absolute Gasteiger partial charge is 0.200 e. The van der Waals surface area contributed by atoms with Crippen LogP contribution in [-0.2, 0) is 16.2 Å². The molecule has 2 rings (SSSR count). The van der Waals surface area contributed by atoms with E-state index < -0.39 is 21.8 Å². The van der Waals surface area contributed by atoms with Crippen LogP contribution in [0.5, 0.6) is 0 Å². The number of sulfonamides is 1. The molecule has 0 radical (unpaired) electrons. The van der Waals surface area contributed by atoms with Crippen molar-refractivity contribution in [3.8, 4) is 0 Å². The van der Waals surface area contributed by atoms with E-state index in [1.807, 2.05) is 4.83 Å². The van der Waals surface area contributed by atoms with Gasteiger partial charge in [0.05, 0.1) is 16.7 Å². The summed E-state index contributed by atoms with van der Waals surface area (Å²) < 4.78 is 62.0. The Bertz CT molecular complexity index is 772. The maximum absolute atomic E-state index is 12.8. The fourth-order valence-corrected chi connectivity index (χ4v) is 2.50. The second-order valence-electron chi connectivity index (χ2n) is 4.25. The van der Waals surface area contributed by atoms with E-state index in [-0.39, 0.29) is 10.5 Å². The van der Waals surface area contributed by atoms with E-state index in [1.165, 1.54) is 42.5 Å². The van der Waals surface area contributed by atoms with Gasteiger partial charge < -0.3 is 0 Å². The highest BCUT2D eigenvalue weighted by Gasteiger charge is 2.32. The SMILES string of the molecule is O=S(=O)(N/N=C\c1ccccc1C(F)(F)F)c1ccccc1. The number of nitrogens with zero attached hydrogens (tertiary/aromatic N) is 1. The second kappa shape index (κ2) is 6.18. The first-order chi connectivity index (χ1) is 10.3. The first-order valence-electron chi connectivity index (χ1n) is 6.07. The van der Waals surface area contributed by atoms with Crippen molar-refractivity contribution in [2.75, 3.05) is 0 Å². The number of hydrazone groups is 1. The molecule has 0 atom stereocenters. The molecule has 0 unspecified atom stereocenters. The molecule has 0 amide bonds. The van der Waals surface area contributed by atoms with E-state index in [2.05, 4.69) is 5.10 Å². The van der Waals surface area contributed by atoms with Gasteiger partial charge in [0, 0.05) is 5.56 Å². The molecule has 0 aliphatic carbocycles. The summed E-state index contributed by atoms with van der Waals surface area (Å²) in [5.74, 6) is 0. The number of alkyl halides is 3. The molecule has 2 aromatic rings. The lowest BCUT2D eigenvalue weighted by Crippen LogP contribution is -2.18. The summed E-state index contributed by atoms with van der Waals surface area (Å²) >= 11 is 0. The first-order valence-corrected chi connectivity index (χ1v) is 7.55. The first kappa shape index (κ1) is 16.0. The van der Waals surface area contributed by atoms with Crippen molar-refractivity contribution in [2.24, 2.45) is 5.10 Å². The topological polar surface area (TPSA) is 58.5 Å². The molecular formula is C14H11F3N2O2S. The van der Waals surface area contributed by atoms with Gasteiger partial charge in [0.2, 0.25) is 0 Å². The molecule has 1 N–H and O–H groups in total. The predicted molar refractivity (Wildman–Crippen MR) is 75.8 cm³/mol. The van der Waals surface area contributed by atoms with Crippen molar-refractivity contribution in [3.05, 3.63) is 65.7 Å². The van der Waals surface area contributed by atoms with Gasteiger partial charge in [-0.25, -0.2) is 4.83 Å². The fraction of sp³-hybridized carbons (Fsp3) is 0.0714. The van der Waals surface area contributed by atoms with Crippen molar-refractivity contribution in [2.45, 2.75) is 11.1 Å². The molecule has 116 valence electrons. The highest BCUT2D eigenvalue weighted by atomic mass is 32.2. The molecule has 0 bridgehead atoms. The lowest BCUT2D eigenvalue weighted by atomic mass is 10.1. The summed E-state index contributed by atoms with van der Waals surface area (Å²) in [5, 5.41) is 3.40. The van der Waals surface area contributed by atoms with Crippen LogP contribution in [0.15, 0.2) is 64.6 Å². The Balaban J connectivity index is 2.21. The third kappa shape index (κ3) is 3.85. The van der Waals surface area contributed by atoms with Gasteiger partial charge in [-0.05, 0) is 18.2 Å². The van der Waals surface area contributed by atoms with Gasteiger partial charge in [0.1, 0.15) is 0 Å². The van der Waals surface area contributed by atoms with Crippen LogP contribution in [0, 0.1) is 0 Å². The summed E-state index contributed by atoms with van der Waals surface area (Å²) in [5.41, 5.74) is -1.12. The van der Waals surface area contributed by atoms with E-state index in [1.54, 1.807) is 6.07 Å². The molecule has 2 aromatic carbocycles. The Morgan fingerprint density at radius 1 is 0.955 bits per heavy atom. The maximum atomic E-state index is 12.8. The molecule has 0 aromatic heterocycles. The van der Waals surface area contributed by atoms with Gasteiger partial charge in [-0.3, -0.25) is 0 Å². The molecule has 22 heavy (non-hydrogen) atoms. The Morgan fingerprint density at radius 2 is 1.55 bits per heavy atom. The van der Waals surface area contributed by atoms with Crippen molar-refractivity contribution >= 4 is 16.2 Å². The molecular weight excluding hydrogens is 317 g/mol. The highest BCUT2D eigenvalue weighted by molar-refractivity contribution is 7.89. The summed E-state index contributed by atoms with van der Waals surface area (Å²) in [7, 11) is -3.91. The molecule has 0 aliphatic rings. The minimum absolute atomic E-state index is 0.0312. The Labute approximate surface area is 125 Å². The van der Waals surface area contributed by atoms with Crippen LogP contribution in [-0.4, -0.2) is 14.6 Å². The van der Waals surface area contributed by atoms with Gasteiger partial charge in [0.15, 0.2) is 0 Å². The molecule has 0 saturated heterocycles. The summed E-state index contributed by atoms with van der Waals surface area (Å²) in [6.45, 7) is 0. The van der Waals surface area contributed by atoms with E-state index >= 15 is 0 Å². The number of nitrogens with one attached hydrogen (secondary N) is 1. The molecule has 4 nitrogen and oxygen atoms in total. The zero-order valence-electron chi connectivity index (χ0n) is 11.1. The minimum atomic E-state index is -4.54. The van der Waals surface area contributed by atoms with E-state index in [4.69, 9.17) is 0 Å². The van der Waals surface area contributed by atoms with Crippen molar-refractivity contribution in [1.82, 2.24) is 4.83 Å². The molecule has 0 saturated carbocycles. The molecule has 0 fully saturated rings. The van der Waals surface area contributed by atoms with Crippen LogP contribution in [0.1, 0.15) is 11.1 Å². The summed E-state index contributed by atoms with van der Waals surface area (Å²) in [6, 6.07) is 12.1. The standard InChI is InChI=1S/C14H11F3N2O2S/c15-14(16,17)13-9-5-4-6-11(13)10-18-19-22(20,21)12-7-2-1-3-8-12/h1-10,19H/b18-10-. The number of halogens is 3. The van der Waals surface area contributed by atoms with Gasteiger partial charge in [-0.2, -0.15) is 26.7 Å². The normalized spacial score (nSPS) is 12.5. The average Bonchev–Trinajstić information content (AvgIpc) is 2.47. The van der Waals surface area contributed by atoms with Crippen LogP contribution >= 0.6 is 0 Å². The lowest BCUT2D eigenvalue weighted by Gasteiger charge is -2.09. The monoisotopic (exact) mass is 328 g/mol. The molecule has 8 heteroatoms. The van der Waals surface area contributed by atoms with Gasteiger partial charge in [-0.1, -0.05) is 36.4 Å². The van der Waals surface area contributed by atoms with Crippen molar-refractivity contribution in [3.63, 3.8) is 0 Å². The van der Waals surface area contributed by atoms with Crippen LogP contribution in [0.2, 0.25) is 0 Å². The third-order valence-corrected chi connectivity index (χ3v) is 3.93. The number of rotatable bonds is 4. The zero-order chi connectivity index (χ0) is 16.2. The Morgan fingerprint density at radius 3 is 2.18 bits per heavy atom. The predicted octanol–water partition coefficient (Wildman–Crippen LogP) is 3.02. The van der Waals surface area contributed by atoms with Crippen molar-refractivity contribution < 1.29 is 21.6 Å². The van der Waals surface area contributed by atoms with Gasteiger partial charge in [-0.15, -0.1) is 0 Å². The minimum Gasteiger partial charge on any atom is -0.200 e. The molecule has 0 heterocycles. The van der Waals surface area contributed by atoms with Crippen molar-refractivity contribution in [1.29, 1.82) is 0 Å². The van der Waals surface area contributed by atoms with Gasteiger partial charge >= 0.3 is 6.18 Å². The van der Waals surface area contributed by atoms with Crippen LogP contribution in [0.4, 0.5) is 13.2 Å². The van der Waals surface area contributed by atoms with Gasteiger partial charge in [0.25, 0.3) is 10.0 Å². The van der Waals surface area contributed by atoms with E-state index in [9.17, 15) is 21.6 Å². The fourth-order valence-electron chi connectivity index (χ4n) is 1.69. The maximum Gasteiger partial charge on any atom is 0.417 e. The Hall–Kier alpha value is -2.35. The quantitative estimate of drug-likeness (QED) is 0.693. The van der Waals surface area contributed by atoms with E-state index in [0.717, 1.165) is 12.3 Å². The van der Waals surface area contributed by atoms with Crippen LogP contribution in [0.3, 0.4) is 0 Å². The lowest BCUT2D eigenvalue weighted by molar-refractivity contribution is -0.137. The zero-order valence-corrected chi connectivity index (χ0v) is 11.9. The third-order valence-electron chi connectivity index (χ3n) is 2.70. The number of hydrogen-bond acceptors (Lipinski definition) is 3. The Kier molecular flexibility index (Phi) is 4.51. The highest BCUT2D eigenvalue weighted by Crippen LogP contribution is 2.31. The van der Waals surface area contributed by atoms with E-state index in [0.29, 0.717) is 0 Å². The molecule has 0 spiro atoms. The van der Waals surface area contributed by atoms with Crippen LogP contribution in [0.25, 0.3) is 0 Å². The summed E-state index contributed by atoms with van der Waals surface area (Å²) in [4.78, 5) is 1.85. The molecule has 0 aliphatic heterocycles. The van der Waals surface area contributed by atoms with Crippen LogP contribution < -0.4 is 4.83 Å². The second-order valence-corrected chi connectivity index (χ2v) is 5.91. The summed E-state index contributed by atoms with van der Waals surface area (Å²) in [6.07, 6.45) is -3.72. The largest absolute Gasteiger partial charge is 0.417 e.